The first-order valence-corrected chi connectivity index (χ1v) is 11.8. The first kappa shape index (κ1) is 20.5. The number of cyclic esters (lactones) is 1. The number of fused-ring (bicyclic) bond motifs is 5. The molecule has 0 aromatic carbocycles. The van der Waals surface area contributed by atoms with Gasteiger partial charge < -0.3 is 9.84 Å². The number of allylic oxidation sites excluding steroid dienone is 6. The number of aliphatic hydroxyl groups excluding tert-OH is 1. The Balaban J connectivity index is 1.52. The lowest BCUT2D eigenvalue weighted by Crippen LogP contribution is -2.66. The minimum Gasteiger partial charge on any atom is -0.465 e. The van der Waals surface area contributed by atoms with Crippen LogP contribution in [0.15, 0.2) is 34.3 Å². The summed E-state index contributed by atoms with van der Waals surface area (Å²) in [5.74, 6) is -0.481. The highest BCUT2D eigenvalue weighted by atomic mass is 32.2. The van der Waals surface area contributed by atoms with Crippen LogP contribution >= 0.6 is 11.8 Å². The Morgan fingerprint density at radius 1 is 1.23 bits per heavy atom. The van der Waals surface area contributed by atoms with E-state index < -0.39 is 17.2 Å². The lowest BCUT2D eigenvalue weighted by atomic mass is 9.46. The van der Waals surface area contributed by atoms with Crippen molar-refractivity contribution in [2.75, 3.05) is 6.61 Å². The number of thioether (sulfide) groups is 1. The fourth-order valence-electron chi connectivity index (χ4n) is 7.07. The Kier molecular flexibility index (Phi) is 4.48. The monoisotopic (exact) mass is 432 g/mol. The molecule has 4 aliphatic carbocycles. The Hall–Kier alpha value is -1.40. The number of rotatable bonds is 2. The van der Waals surface area contributed by atoms with Gasteiger partial charge in [-0.2, -0.15) is 0 Å². The van der Waals surface area contributed by atoms with Crippen LogP contribution in [-0.4, -0.2) is 40.5 Å². The summed E-state index contributed by atoms with van der Waals surface area (Å²) in [6.45, 7) is 6.54. The number of alkyl halides is 1. The Bertz CT molecular complexity index is 922. The molecule has 0 amide bonds. The summed E-state index contributed by atoms with van der Waals surface area (Å²) in [6.07, 6.45) is 6.73. The summed E-state index contributed by atoms with van der Waals surface area (Å²) in [7, 11) is 0. The van der Waals surface area contributed by atoms with Crippen molar-refractivity contribution < 1.29 is 23.8 Å². The van der Waals surface area contributed by atoms with Gasteiger partial charge in [-0.3, -0.25) is 9.59 Å². The average molecular weight is 433 g/mol. The fourth-order valence-corrected chi connectivity index (χ4v) is 8.52. The van der Waals surface area contributed by atoms with Crippen LogP contribution in [0.1, 0.15) is 52.9 Å². The van der Waals surface area contributed by atoms with Crippen LogP contribution in [0.3, 0.4) is 0 Å². The van der Waals surface area contributed by atoms with Crippen LogP contribution in [0.2, 0.25) is 0 Å². The highest BCUT2D eigenvalue weighted by Gasteiger charge is 2.69. The van der Waals surface area contributed by atoms with Gasteiger partial charge in [0.25, 0.3) is 0 Å². The van der Waals surface area contributed by atoms with E-state index in [0.29, 0.717) is 32.3 Å². The third-order valence-corrected chi connectivity index (χ3v) is 10.4. The van der Waals surface area contributed by atoms with Crippen molar-refractivity contribution in [3.8, 4) is 0 Å². The molecule has 1 N–H and O–H groups in total. The predicted octanol–water partition coefficient (Wildman–Crippen LogP) is 4.29. The summed E-state index contributed by atoms with van der Waals surface area (Å²) < 4.78 is 22.2. The maximum atomic E-state index is 17.0. The molecule has 0 aromatic rings. The van der Waals surface area contributed by atoms with Gasteiger partial charge in [0.05, 0.1) is 12.7 Å². The normalized spacial score (nSPS) is 47.6. The van der Waals surface area contributed by atoms with Crippen LogP contribution < -0.4 is 0 Å². The smallest absolute Gasteiger partial charge is 0.319 e. The zero-order chi connectivity index (χ0) is 21.5. The third kappa shape index (κ3) is 2.49. The Morgan fingerprint density at radius 3 is 2.70 bits per heavy atom. The van der Waals surface area contributed by atoms with Gasteiger partial charge in [0, 0.05) is 23.2 Å². The second kappa shape index (κ2) is 6.55. The molecule has 5 aliphatic rings. The van der Waals surface area contributed by atoms with Crippen LogP contribution in [-0.2, 0) is 14.3 Å². The van der Waals surface area contributed by atoms with E-state index >= 15 is 4.39 Å². The maximum Gasteiger partial charge on any atom is 0.319 e. The van der Waals surface area contributed by atoms with Crippen LogP contribution in [0.25, 0.3) is 0 Å². The van der Waals surface area contributed by atoms with Gasteiger partial charge in [-0.1, -0.05) is 24.1 Å². The number of ketones is 1. The molecule has 3 fully saturated rings. The van der Waals surface area contributed by atoms with E-state index in [1.165, 1.54) is 11.6 Å². The fraction of sp³-hybridized carbons (Fsp3) is 0.667. The van der Waals surface area contributed by atoms with Gasteiger partial charge in [-0.15, -0.1) is 11.8 Å². The molecule has 1 aliphatic heterocycles. The predicted molar refractivity (Wildman–Crippen MR) is 113 cm³/mol. The van der Waals surface area contributed by atoms with Crippen molar-refractivity contribution >= 4 is 23.5 Å². The molecule has 0 spiro atoms. The van der Waals surface area contributed by atoms with E-state index in [-0.39, 0.29) is 34.3 Å². The molecule has 0 bridgehead atoms. The van der Waals surface area contributed by atoms with Gasteiger partial charge >= 0.3 is 5.97 Å². The summed E-state index contributed by atoms with van der Waals surface area (Å²) >= 11 is 1.58. The first-order chi connectivity index (χ1) is 14.1. The molecule has 0 radical (unpaired) electrons. The molecule has 7 atom stereocenters. The Labute approximate surface area is 181 Å². The molecular weight excluding hydrogens is 403 g/mol. The van der Waals surface area contributed by atoms with Gasteiger partial charge in [-0.25, -0.2) is 4.39 Å². The maximum absolute atomic E-state index is 17.0. The van der Waals surface area contributed by atoms with Crippen molar-refractivity contribution in [3.05, 3.63) is 34.3 Å². The minimum atomic E-state index is -1.80. The van der Waals surface area contributed by atoms with E-state index in [4.69, 9.17) is 4.74 Å². The van der Waals surface area contributed by atoms with E-state index in [2.05, 4.69) is 13.8 Å². The molecule has 1 saturated heterocycles. The minimum absolute atomic E-state index is 0.0789. The lowest BCUT2D eigenvalue weighted by molar-refractivity contribution is -0.184. The molecule has 4 nitrogen and oxygen atoms in total. The van der Waals surface area contributed by atoms with Crippen molar-refractivity contribution in [2.45, 2.75) is 69.9 Å². The summed E-state index contributed by atoms with van der Waals surface area (Å²) in [4.78, 5) is 25.2. The van der Waals surface area contributed by atoms with Gasteiger partial charge in [0.2, 0.25) is 0 Å². The van der Waals surface area contributed by atoms with Crippen molar-refractivity contribution in [2.24, 2.45) is 22.7 Å². The number of esters is 1. The van der Waals surface area contributed by atoms with Crippen molar-refractivity contribution in [1.29, 1.82) is 0 Å². The quantitative estimate of drug-likeness (QED) is 0.660. The number of hydrogen-bond donors (Lipinski definition) is 1. The van der Waals surface area contributed by atoms with Crippen molar-refractivity contribution in [3.63, 3.8) is 0 Å². The summed E-state index contributed by atoms with van der Waals surface area (Å²) in [6, 6.07) is 0. The molecule has 5 rings (SSSR count). The van der Waals surface area contributed by atoms with Gasteiger partial charge in [0.1, 0.15) is 5.25 Å². The van der Waals surface area contributed by atoms with E-state index in [1.807, 2.05) is 6.92 Å². The largest absolute Gasteiger partial charge is 0.465 e. The number of halogens is 1. The first-order valence-electron chi connectivity index (χ1n) is 11.0. The van der Waals surface area contributed by atoms with Crippen LogP contribution in [0.5, 0.6) is 0 Å². The van der Waals surface area contributed by atoms with Crippen molar-refractivity contribution in [1.82, 2.24) is 0 Å². The van der Waals surface area contributed by atoms with E-state index in [0.717, 1.165) is 16.9 Å². The topological polar surface area (TPSA) is 63.6 Å². The highest BCUT2D eigenvalue weighted by molar-refractivity contribution is 8.04. The zero-order valence-corrected chi connectivity index (χ0v) is 18.6. The molecule has 1 heterocycles. The zero-order valence-electron chi connectivity index (χ0n) is 17.7. The molecule has 3 unspecified atom stereocenters. The van der Waals surface area contributed by atoms with E-state index in [9.17, 15) is 14.7 Å². The number of ether oxygens (including phenoxy) is 1. The standard InChI is InChI=1S/C24H29FO4S/c1-13-10-17-16-5-4-14-11-15(26)6-8-23(14,3)24(16,25)19(27)12-22(17,2)20(13)30-18-7-9-29-21(18)28/h6,8,11,16-19,27H,4-5,7,9-10,12H2,1-3H3/t16?,17?,18?,19-,22-,23-,24-/m0/s1. The number of carbonyl (C=O) groups excluding carboxylic acids is 2. The second-order valence-electron chi connectivity index (χ2n) is 10.1. The average Bonchev–Trinajstić information content (AvgIpc) is 3.19. The SMILES string of the molecule is CC1=C(SC2CCOC2=O)[C@@]2(C)C[C@H](O)[C@@]3(F)C(CCC4=CC(=O)C=C[C@@]43C)C2C1. The molecular formula is C24H29FO4S. The van der Waals surface area contributed by atoms with Gasteiger partial charge in [0.15, 0.2) is 11.5 Å². The highest BCUT2D eigenvalue weighted by Crippen LogP contribution is 2.70. The van der Waals surface area contributed by atoms with Gasteiger partial charge in [-0.05, 0) is 62.5 Å². The number of hydrogen-bond acceptors (Lipinski definition) is 5. The third-order valence-electron chi connectivity index (χ3n) is 8.61. The molecule has 0 aromatic heterocycles. The number of carbonyl (C=O) groups is 2. The molecule has 162 valence electrons. The van der Waals surface area contributed by atoms with Crippen LogP contribution in [0, 0.1) is 22.7 Å². The molecule has 2 saturated carbocycles. The lowest BCUT2D eigenvalue weighted by Gasteiger charge is -2.61. The Morgan fingerprint density at radius 2 is 2.00 bits per heavy atom. The molecule has 6 heteroatoms. The van der Waals surface area contributed by atoms with E-state index in [1.54, 1.807) is 23.9 Å². The summed E-state index contributed by atoms with van der Waals surface area (Å²) in [5.41, 5.74) is -1.08. The summed E-state index contributed by atoms with van der Waals surface area (Å²) in [5, 5.41) is 11.1. The second-order valence-corrected chi connectivity index (χ2v) is 11.4. The molecule has 30 heavy (non-hydrogen) atoms. The number of aliphatic hydroxyl groups is 1. The van der Waals surface area contributed by atoms with Crippen LogP contribution in [0.4, 0.5) is 4.39 Å².